The SMILES string of the molecule is CCOC(=O)/C(Cl)=C/c1cc(N2C(=O)C3=C(CCCC3)C2=O)ccc1Cl.CCc1cccc(C)c1N(C(=O)CCl)C(C)COC.CS(=O)(=O)c1ccc(C(=O)C2C(=O)CCCC2=O)c([N+](=O)[O-])c1.C[S+](C)C.O=C(O)CNCP(=O)([O-])O. The van der Waals surface area contributed by atoms with Crippen molar-refractivity contribution >= 4 is 133 Å². The molecule has 2 aliphatic carbocycles. The fraction of sp³-hybridized carbons (Fsp3) is 0.444. The van der Waals surface area contributed by atoms with Crippen molar-refractivity contribution in [3.63, 3.8) is 0 Å². The lowest BCUT2D eigenvalue weighted by Gasteiger charge is -2.31. The number of halogens is 3. The molecule has 0 radical (unpaired) electrons. The number of aliphatic carboxylic acids is 1. The van der Waals surface area contributed by atoms with Gasteiger partial charge in [0.25, 0.3) is 17.5 Å². The standard InChI is InChI=1S/C19H17Cl2NO4.C15H22ClNO2.C14H13NO7S.C3H8NO5P.C3H9S/c1-2-26-19(25)16(21)10-11-9-12(7-8-15(11)20)22-17(23)13-5-3-4-6-14(13)18(22)24;1-5-13-8-6-7-11(2)15(13)17(14(18)9-16)12(3)10-19-4;1-23(21,22)8-5-6-9(10(7-8)15(19)20)14(18)13-11(16)3-2-4-12(13)17;5-3(6)1-4-2-10(7,8)9;1-4(2)3/h7-10H,2-6H2,1H3;6-8,12H,5,9-10H2,1-4H3;5-7,13H,2-4H2,1H3;4H,1-2H2,(H,5,6)(H2,7,8,9);1-3H3/q;;;;+1/p-1/b16-10-;;;;. The Morgan fingerprint density at radius 3 is 2.01 bits per heavy atom. The molecule has 0 spiro atoms. The number of ether oxygens (including phenoxy) is 2. The van der Waals surface area contributed by atoms with Crippen LogP contribution in [0.25, 0.3) is 6.08 Å². The second kappa shape index (κ2) is 34.2. The summed E-state index contributed by atoms with van der Waals surface area (Å²) in [6.45, 7) is 7.96. The molecule has 450 valence electrons. The Bertz CT molecular complexity index is 3050. The number of carbonyl (C=O) groups excluding carboxylic acids is 7. The summed E-state index contributed by atoms with van der Waals surface area (Å²) in [5.41, 5.74) is 4.09. The van der Waals surface area contributed by atoms with Crippen molar-refractivity contribution in [2.75, 3.05) is 73.9 Å². The number of nitro benzene ring substituents is 1. The highest BCUT2D eigenvalue weighted by Crippen LogP contribution is 2.37. The third-order valence-corrected chi connectivity index (χ3v) is 14.3. The number of sulfone groups is 1. The Labute approximate surface area is 494 Å². The quantitative estimate of drug-likeness (QED) is 0.0109. The van der Waals surface area contributed by atoms with Crippen LogP contribution in [0.3, 0.4) is 0 Å². The Balaban J connectivity index is 0.000000380. The normalized spacial score (nSPS) is 15.5. The average molecular weight is 1260 g/mol. The molecule has 3 aromatic rings. The molecular formula is C54H68Cl3N4O18PS2. The number of hydrogen-bond donors (Lipinski definition) is 3. The van der Waals surface area contributed by atoms with Crippen molar-refractivity contribution < 1.29 is 80.6 Å². The number of hydrogen-bond acceptors (Lipinski definition) is 17. The maximum absolute atomic E-state index is 12.7. The van der Waals surface area contributed by atoms with Gasteiger partial charge in [-0.2, -0.15) is 0 Å². The number of carbonyl (C=O) groups is 8. The molecule has 1 fully saturated rings. The fourth-order valence-electron chi connectivity index (χ4n) is 8.23. The molecular weight excluding hydrogens is 1190 g/mol. The number of nitrogens with zero attached hydrogens (tertiary/aromatic N) is 3. The lowest BCUT2D eigenvalue weighted by molar-refractivity contribution is -0.385. The predicted octanol–water partition coefficient (Wildman–Crippen LogP) is 7.17. The number of aryl methyl sites for hydroxylation is 2. The number of para-hydroxylation sites is 1. The van der Waals surface area contributed by atoms with Crippen LogP contribution in [0.15, 0.2) is 75.7 Å². The molecule has 82 heavy (non-hydrogen) atoms. The van der Waals surface area contributed by atoms with E-state index >= 15 is 0 Å². The van der Waals surface area contributed by atoms with Crippen LogP contribution in [0.4, 0.5) is 17.1 Å². The Morgan fingerprint density at radius 2 is 1.54 bits per heavy atom. The molecule has 0 bridgehead atoms. The van der Waals surface area contributed by atoms with E-state index in [-0.39, 0.29) is 59.0 Å². The third-order valence-electron chi connectivity index (χ3n) is 11.8. The number of nitro groups is 1. The molecule has 0 aromatic heterocycles. The zero-order valence-corrected chi connectivity index (χ0v) is 51.6. The lowest BCUT2D eigenvalue weighted by atomic mass is 9.81. The first-order valence-electron chi connectivity index (χ1n) is 25.2. The van der Waals surface area contributed by atoms with Gasteiger partial charge in [-0.05, 0) is 123 Å². The highest BCUT2D eigenvalue weighted by atomic mass is 35.5. The molecule has 2 unspecified atom stereocenters. The van der Waals surface area contributed by atoms with Gasteiger partial charge in [-0.1, -0.05) is 48.3 Å². The number of carboxylic acid groups (broad SMARTS) is 1. The molecule has 2 atom stereocenters. The van der Waals surface area contributed by atoms with E-state index in [0.29, 0.717) is 64.2 Å². The Hall–Kier alpha value is -5.66. The molecule has 6 rings (SSSR count). The van der Waals surface area contributed by atoms with Gasteiger partial charge in [-0.3, -0.25) is 49.0 Å². The minimum atomic E-state index is -4.35. The first kappa shape index (κ1) is 72.4. The third kappa shape index (κ3) is 22.2. The predicted molar refractivity (Wildman–Crippen MR) is 313 cm³/mol. The number of methoxy groups -OCH3 is 1. The van der Waals surface area contributed by atoms with Crippen LogP contribution in [-0.2, 0) is 74.8 Å². The van der Waals surface area contributed by atoms with Gasteiger partial charge in [0.1, 0.15) is 24.4 Å². The molecule has 1 heterocycles. The second-order valence-electron chi connectivity index (χ2n) is 18.8. The summed E-state index contributed by atoms with van der Waals surface area (Å²) in [5, 5.41) is 21.3. The van der Waals surface area contributed by atoms with Crippen LogP contribution in [0.2, 0.25) is 5.02 Å². The van der Waals surface area contributed by atoms with E-state index in [1.807, 2.05) is 31.3 Å². The van der Waals surface area contributed by atoms with Crippen molar-refractivity contribution in [2.24, 2.45) is 5.92 Å². The summed E-state index contributed by atoms with van der Waals surface area (Å²) >= 11 is 17.9. The number of nitrogens with one attached hydrogen (secondary N) is 1. The smallest absolute Gasteiger partial charge is 0.349 e. The van der Waals surface area contributed by atoms with E-state index < -0.39 is 81.6 Å². The maximum atomic E-state index is 12.7. The molecule has 3 N–H and O–H groups in total. The fourth-order valence-corrected chi connectivity index (χ4v) is 9.74. The molecule has 3 aromatic carbocycles. The van der Waals surface area contributed by atoms with Crippen molar-refractivity contribution in [2.45, 2.75) is 90.0 Å². The zero-order chi connectivity index (χ0) is 62.4. The maximum Gasteiger partial charge on any atom is 0.349 e. The minimum absolute atomic E-state index is 0.0223. The van der Waals surface area contributed by atoms with Gasteiger partial charge in [0.15, 0.2) is 27.2 Å². The number of imide groups is 1. The lowest BCUT2D eigenvalue weighted by Crippen LogP contribution is -2.43. The van der Waals surface area contributed by atoms with E-state index in [9.17, 15) is 66.3 Å². The molecule has 22 nitrogen and oxygen atoms in total. The van der Waals surface area contributed by atoms with Crippen LogP contribution in [0, 0.1) is 23.0 Å². The van der Waals surface area contributed by atoms with Crippen LogP contribution in [-0.4, -0.2) is 140 Å². The summed E-state index contributed by atoms with van der Waals surface area (Å²) in [7, 11) is -5.77. The van der Waals surface area contributed by atoms with Crippen LogP contribution < -0.4 is 20.0 Å². The Morgan fingerprint density at radius 1 is 0.963 bits per heavy atom. The van der Waals surface area contributed by atoms with Gasteiger partial charge in [0.2, 0.25) is 5.91 Å². The summed E-state index contributed by atoms with van der Waals surface area (Å²) in [4.78, 5) is 126. The van der Waals surface area contributed by atoms with Gasteiger partial charge in [-0.25, -0.2) is 18.1 Å². The zero-order valence-electron chi connectivity index (χ0n) is 46.8. The van der Waals surface area contributed by atoms with Crippen LogP contribution in [0.1, 0.15) is 92.8 Å². The van der Waals surface area contributed by atoms with Gasteiger partial charge >= 0.3 is 11.9 Å². The molecule has 28 heteroatoms. The number of ketones is 3. The molecule has 1 aliphatic heterocycles. The summed E-state index contributed by atoms with van der Waals surface area (Å²) in [6, 6.07) is 13.6. The molecule has 3 aliphatic rings. The largest absolute Gasteiger partial charge is 0.778 e. The van der Waals surface area contributed by atoms with Crippen molar-refractivity contribution in [3.8, 4) is 0 Å². The van der Waals surface area contributed by atoms with E-state index in [1.165, 1.54) is 11.0 Å². The highest BCUT2D eigenvalue weighted by Gasteiger charge is 2.41. The first-order chi connectivity index (χ1) is 38.3. The molecule has 1 saturated carbocycles. The van der Waals surface area contributed by atoms with Crippen LogP contribution in [0.5, 0.6) is 0 Å². The number of esters is 1. The highest BCUT2D eigenvalue weighted by molar-refractivity contribution is 7.94. The van der Waals surface area contributed by atoms with Crippen molar-refractivity contribution in [3.05, 3.63) is 108 Å². The van der Waals surface area contributed by atoms with Gasteiger partial charge in [-0.15, -0.1) is 11.6 Å². The number of Topliss-reactive ketones (excluding diaryl/α,β-unsaturated/α-hetero) is 3. The van der Waals surface area contributed by atoms with Gasteiger partial charge in [0, 0.05) is 48.4 Å². The first-order valence-corrected chi connectivity index (χ1v) is 32.6. The van der Waals surface area contributed by atoms with E-state index in [2.05, 4.69) is 31.8 Å². The topological polar surface area (TPSA) is 331 Å². The minimum Gasteiger partial charge on any atom is -0.778 e. The summed E-state index contributed by atoms with van der Waals surface area (Å²) < 4.78 is 42.9. The second-order valence-corrected chi connectivity index (χ2v) is 25.9. The number of rotatable bonds is 18. The summed E-state index contributed by atoms with van der Waals surface area (Å²) in [5.74, 6) is -6.12. The van der Waals surface area contributed by atoms with Crippen molar-refractivity contribution in [1.82, 2.24) is 5.32 Å². The van der Waals surface area contributed by atoms with Gasteiger partial charge < -0.3 is 33.8 Å². The number of anilines is 2. The van der Waals surface area contributed by atoms with E-state index in [0.717, 1.165) is 60.5 Å². The Kier molecular flexibility index (Phi) is 30.2. The molecule has 3 amide bonds. The number of amides is 3. The average Bonchev–Trinajstić information content (AvgIpc) is 3.87. The molecule has 0 saturated heterocycles. The monoisotopic (exact) mass is 1260 g/mol. The number of alkyl halides is 1. The van der Waals surface area contributed by atoms with E-state index in [4.69, 9.17) is 54.3 Å². The summed E-state index contributed by atoms with van der Waals surface area (Å²) in [6.07, 6.45) is 12.6. The number of benzene rings is 3. The van der Waals surface area contributed by atoms with Crippen molar-refractivity contribution in [1.29, 1.82) is 0 Å². The van der Waals surface area contributed by atoms with Gasteiger partial charge in [0.05, 0.1) is 77.6 Å². The van der Waals surface area contributed by atoms with Crippen LogP contribution >= 0.6 is 42.4 Å². The number of carboxylic acids is 1. The van der Waals surface area contributed by atoms with E-state index in [1.54, 1.807) is 37.1 Å².